The van der Waals surface area contributed by atoms with Gasteiger partial charge in [0.05, 0.1) is 11.4 Å². The van der Waals surface area contributed by atoms with E-state index in [4.69, 9.17) is 9.73 Å². The Morgan fingerprint density at radius 1 is 1.00 bits per heavy atom. The van der Waals surface area contributed by atoms with Gasteiger partial charge in [0.25, 0.3) is 0 Å². The Morgan fingerprint density at radius 3 is 2.32 bits per heavy atom. The fourth-order valence-electron chi connectivity index (χ4n) is 5.03. The summed E-state index contributed by atoms with van der Waals surface area (Å²) in [5.41, 5.74) is 7.27. The molecule has 1 atom stereocenters. The van der Waals surface area contributed by atoms with Crippen molar-refractivity contribution < 1.29 is 4.74 Å². The van der Waals surface area contributed by atoms with E-state index in [1.54, 1.807) is 6.08 Å². The van der Waals surface area contributed by atoms with Gasteiger partial charge in [-0.2, -0.15) is 0 Å². The predicted octanol–water partition coefficient (Wildman–Crippen LogP) is 10.7. The number of ether oxygens (including phenoxy) is 1. The van der Waals surface area contributed by atoms with Gasteiger partial charge in [-0.25, -0.2) is 0 Å². The summed E-state index contributed by atoms with van der Waals surface area (Å²) in [6, 6.07) is 26.4. The molecule has 0 saturated carbocycles. The van der Waals surface area contributed by atoms with Crippen LogP contribution < -0.4 is 10.1 Å². The van der Waals surface area contributed by atoms with Gasteiger partial charge in [-0.1, -0.05) is 94.1 Å². The van der Waals surface area contributed by atoms with E-state index in [1.807, 2.05) is 55.5 Å². The van der Waals surface area contributed by atoms with Crippen molar-refractivity contribution in [3.8, 4) is 11.5 Å². The number of aryl methyl sites for hydroxylation is 1. The first-order valence-electron chi connectivity index (χ1n) is 15.6. The largest absolute Gasteiger partial charge is 0.457 e. The number of hydrogen-bond donors (Lipinski definition) is 1. The highest BCUT2D eigenvalue weighted by molar-refractivity contribution is 9.11. The van der Waals surface area contributed by atoms with Crippen LogP contribution >= 0.6 is 15.9 Å². The van der Waals surface area contributed by atoms with Crippen molar-refractivity contribution in [3.63, 3.8) is 0 Å². The number of benzene rings is 3. The lowest BCUT2D eigenvalue weighted by molar-refractivity contribution is 0.244. The molecule has 0 aromatic heterocycles. The van der Waals surface area contributed by atoms with Gasteiger partial charge in [-0.05, 0) is 91.4 Å². The van der Waals surface area contributed by atoms with Crippen molar-refractivity contribution in [1.29, 1.82) is 0 Å². The molecule has 1 aliphatic heterocycles. The number of para-hydroxylation sites is 2. The summed E-state index contributed by atoms with van der Waals surface area (Å²) in [5.74, 6) is 2.16. The van der Waals surface area contributed by atoms with Crippen LogP contribution in [0.1, 0.15) is 63.6 Å². The minimum Gasteiger partial charge on any atom is -0.457 e. The number of allylic oxidation sites excluding steroid dienone is 5. The monoisotopic (exact) mass is 653 g/mol. The van der Waals surface area contributed by atoms with Gasteiger partial charge in [-0.15, -0.1) is 0 Å². The van der Waals surface area contributed by atoms with E-state index >= 15 is 0 Å². The molecule has 1 unspecified atom stereocenters. The number of rotatable bonds is 11. The van der Waals surface area contributed by atoms with Gasteiger partial charge in [-0.3, -0.25) is 4.99 Å². The van der Waals surface area contributed by atoms with Crippen molar-refractivity contribution in [2.45, 2.75) is 53.9 Å². The van der Waals surface area contributed by atoms with Crippen LogP contribution in [0, 0.1) is 12.8 Å². The summed E-state index contributed by atoms with van der Waals surface area (Å²) >= 11 is 3.56. The van der Waals surface area contributed by atoms with E-state index in [2.05, 4.69) is 103 Å². The lowest BCUT2D eigenvalue weighted by Gasteiger charge is -2.36. The Kier molecular flexibility index (Phi) is 14.2. The van der Waals surface area contributed by atoms with Gasteiger partial charge in [0.2, 0.25) is 0 Å². The molecule has 1 heterocycles. The number of piperidine rings is 1. The van der Waals surface area contributed by atoms with E-state index in [0.717, 1.165) is 76.0 Å². The van der Waals surface area contributed by atoms with E-state index in [9.17, 15) is 0 Å². The van der Waals surface area contributed by atoms with Crippen LogP contribution in [0.5, 0.6) is 11.5 Å². The highest BCUT2D eigenvalue weighted by Crippen LogP contribution is 2.33. The van der Waals surface area contributed by atoms with Crippen LogP contribution in [0.2, 0.25) is 0 Å². The number of aliphatic imine (C=N–C) groups is 1. The van der Waals surface area contributed by atoms with Crippen LogP contribution in [0.25, 0.3) is 5.70 Å². The molecule has 0 amide bonds. The Hall–Kier alpha value is -3.83. The molecule has 3 aromatic carbocycles. The second-order valence-electron chi connectivity index (χ2n) is 11.2. The minimum atomic E-state index is 0.501. The maximum Gasteiger partial charge on any atom is 0.136 e. The fourth-order valence-corrected chi connectivity index (χ4v) is 5.12. The third-order valence-corrected chi connectivity index (χ3v) is 8.22. The summed E-state index contributed by atoms with van der Waals surface area (Å²) in [6.45, 7) is 21.7. The molecule has 4 rings (SSSR count). The second-order valence-corrected chi connectivity index (χ2v) is 12.0. The zero-order valence-corrected chi connectivity index (χ0v) is 28.7. The first-order valence-corrected chi connectivity index (χ1v) is 16.4. The van der Waals surface area contributed by atoms with Crippen molar-refractivity contribution >= 4 is 27.3 Å². The highest BCUT2D eigenvalue weighted by atomic mass is 79.9. The molecule has 3 aromatic rings. The molecule has 1 fully saturated rings. The molecule has 0 spiro atoms. The normalized spacial score (nSPS) is 15.9. The molecule has 4 nitrogen and oxygen atoms in total. The zero-order chi connectivity index (χ0) is 31.9. The van der Waals surface area contributed by atoms with Gasteiger partial charge in [0.1, 0.15) is 11.5 Å². The minimum absolute atomic E-state index is 0.501. The molecule has 232 valence electrons. The number of hydrogen-bond acceptors (Lipinski definition) is 4. The Bertz CT molecular complexity index is 1470. The smallest absolute Gasteiger partial charge is 0.136 e. The molecule has 0 bridgehead atoms. The summed E-state index contributed by atoms with van der Waals surface area (Å²) < 4.78 is 7.12. The third-order valence-electron chi connectivity index (χ3n) is 7.33. The molecule has 1 aliphatic rings. The molecule has 5 heteroatoms. The molecule has 0 radical (unpaired) electrons. The van der Waals surface area contributed by atoms with Crippen LogP contribution in [0.4, 0.5) is 0 Å². The van der Waals surface area contributed by atoms with Gasteiger partial charge in [0.15, 0.2) is 0 Å². The molecule has 0 aliphatic carbocycles. The number of nitrogens with zero attached hydrogens (tertiary/aromatic N) is 2. The highest BCUT2D eigenvalue weighted by Gasteiger charge is 2.23. The van der Waals surface area contributed by atoms with E-state index in [0.29, 0.717) is 5.92 Å². The number of likely N-dealkylation sites (tertiary alicyclic amines) is 1. The quantitative estimate of drug-likeness (QED) is 0.165. The maximum atomic E-state index is 6.23. The summed E-state index contributed by atoms with van der Waals surface area (Å²) in [7, 11) is 0. The van der Waals surface area contributed by atoms with E-state index < -0.39 is 0 Å². The van der Waals surface area contributed by atoms with Crippen LogP contribution in [0.3, 0.4) is 0 Å². The summed E-state index contributed by atoms with van der Waals surface area (Å²) in [4.78, 5) is 7.36. The van der Waals surface area contributed by atoms with Gasteiger partial charge >= 0.3 is 0 Å². The Labute approximate surface area is 274 Å². The number of nitrogens with one attached hydrogen (secondary N) is 1. The van der Waals surface area contributed by atoms with Crippen molar-refractivity contribution in [2.75, 3.05) is 19.6 Å². The zero-order valence-electron chi connectivity index (χ0n) is 27.1. The summed E-state index contributed by atoms with van der Waals surface area (Å²) in [6.07, 6.45) is 7.48. The second kappa shape index (κ2) is 18.1. The van der Waals surface area contributed by atoms with E-state index in [1.165, 1.54) is 18.4 Å². The van der Waals surface area contributed by atoms with Crippen molar-refractivity contribution in [2.24, 2.45) is 10.9 Å². The third kappa shape index (κ3) is 10.4. The average molecular weight is 655 g/mol. The Morgan fingerprint density at radius 2 is 1.64 bits per heavy atom. The number of halogens is 1. The fraction of sp³-hybridized carbons (Fsp3) is 0.308. The van der Waals surface area contributed by atoms with Crippen LogP contribution in [0.15, 0.2) is 125 Å². The van der Waals surface area contributed by atoms with E-state index in [-0.39, 0.29) is 0 Å². The molecule has 44 heavy (non-hydrogen) atoms. The first-order chi connectivity index (χ1) is 21.3. The molecular weight excluding hydrogens is 606 g/mol. The van der Waals surface area contributed by atoms with Crippen LogP contribution in [-0.4, -0.2) is 30.2 Å². The summed E-state index contributed by atoms with van der Waals surface area (Å²) in [5, 5.41) is 3.68. The van der Waals surface area contributed by atoms with Crippen molar-refractivity contribution in [1.82, 2.24) is 10.2 Å². The standard InChI is InChI=1S/C36H40BrN3O.C3H8/c1-6-34(37)28(4)39-35(32-19-11-10-15-26(32)2)23-27(3)38-24-30-16-14-22-40(25-30)29(5)33-20-12-13-21-36(33)41-31-17-8-7-9-18-31;1-3-2/h6-13,15,17-21,23,30,38H,1,5,14,16,22,24-25H2,2-4H3;3H2,1-2H3/b27-23+,34-28-,39-35+;. The maximum absolute atomic E-state index is 6.23. The topological polar surface area (TPSA) is 36.9 Å². The van der Waals surface area contributed by atoms with Crippen LogP contribution in [-0.2, 0) is 0 Å². The van der Waals surface area contributed by atoms with Gasteiger partial charge < -0.3 is 15.0 Å². The first kappa shape index (κ1) is 34.7. The van der Waals surface area contributed by atoms with Crippen molar-refractivity contribution in [3.05, 3.63) is 137 Å². The predicted molar refractivity (Wildman–Crippen MR) is 194 cm³/mol. The molecule has 1 saturated heterocycles. The van der Waals surface area contributed by atoms with Gasteiger partial charge in [0, 0.05) is 46.6 Å². The lowest BCUT2D eigenvalue weighted by Crippen LogP contribution is -2.38. The average Bonchev–Trinajstić information content (AvgIpc) is 3.04. The molecule has 1 N–H and O–H groups in total. The molecular formula is C39H48BrN3O. The SMILES string of the molecule is C=C/C(Br)=C(C)/N=C(\C=C(/C)NCC1CCCN(C(=C)c2ccccc2Oc2ccccc2)C1)c1ccccc1C.CCC. The Balaban J connectivity index is 0.00000169. The lowest BCUT2D eigenvalue weighted by atomic mass is 9.96.